The van der Waals surface area contributed by atoms with Crippen LogP contribution in [0, 0.1) is 11.3 Å². The summed E-state index contributed by atoms with van der Waals surface area (Å²) in [6.45, 7) is 0. The molecule has 76 valence electrons. The second-order valence-electron chi connectivity index (χ2n) is 3.09. The first-order valence-electron chi connectivity index (χ1n) is 4.63. The molecule has 0 spiro atoms. The molecule has 2 aromatic rings. The van der Waals surface area contributed by atoms with Gasteiger partial charge in [-0.1, -0.05) is 6.07 Å². The molecule has 2 rings (SSSR count). The van der Waals surface area contributed by atoms with E-state index in [1.807, 2.05) is 6.07 Å². The molecule has 0 bridgehead atoms. The molecule has 16 heavy (non-hydrogen) atoms. The zero-order valence-electron chi connectivity index (χ0n) is 8.29. The van der Waals surface area contributed by atoms with Crippen LogP contribution in [0.2, 0.25) is 0 Å². The number of pyridine rings is 2. The molecule has 2 aromatic heterocycles. The summed E-state index contributed by atoms with van der Waals surface area (Å²) in [6.07, 6.45) is 2.98. The average Bonchev–Trinajstić information content (AvgIpc) is 2.39. The number of hydrogen-bond donors (Lipinski definition) is 0. The van der Waals surface area contributed by atoms with Crippen molar-refractivity contribution in [3.05, 3.63) is 59.7 Å². The predicted molar refractivity (Wildman–Crippen MR) is 56.6 cm³/mol. The maximum atomic E-state index is 11.9. The summed E-state index contributed by atoms with van der Waals surface area (Å²) in [6, 6.07) is 10.0. The van der Waals surface area contributed by atoms with Crippen LogP contribution in [0.3, 0.4) is 0 Å². The quantitative estimate of drug-likeness (QED) is 0.704. The first-order chi connectivity index (χ1) is 7.81. The second kappa shape index (κ2) is 4.32. The number of hydrogen-bond acceptors (Lipinski definition) is 4. The Bertz CT molecular complexity index is 558. The summed E-state index contributed by atoms with van der Waals surface area (Å²) in [5.41, 5.74) is 0.970. The molecule has 0 saturated carbocycles. The van der Waals surface area contributed by atoms with Gasteiger partial charge in [0.15, 0.2) is 0 Å². The highest BCUT2D eigenvalue weighted by Gasteiger charge is 2.11. The van der Waals surface area contributed by atoms with Crippen LogP contribution >= 0.6 is 0 Å². The lowest BCUT2D eigenvalue weighted by atomic mass is 10.1. The molecule has 0 aliphatic heterocycles. The Morgan fingerprint density at radius 2 is 1.94 bits per heavy atom. The van der Waals surface area contributed by atoms with Crippen LogP contribution in [0.1, 0.15) is 21.7 Å². The van der Waals surface area contributed by atoms with Crippen LogP contribution in [0.5, 0.6) is 0 Å². The van der Waals surface area contributed by atoms with E-state index >= 15 is 0 Å². The molecule has 2 heterocycles. The van der Waals surface area contributed by atoms with E-state index in [4.69, 9.17) is 5.26 Å². The highest BCUT2D eigenvalue weighted by Crippen LogP contribution is 2.06. The normalized spacial score (nSPS) is 9.44. The van der Waals surface area contributed by atoms with Gasteiger partial charge in [-0.15, -0.1) is 0 Å². The standard InChI is InChI=1S/C12H7N3O/c13-8-9-4-6-15-11(7-9)12(16)10-3-1-2-5-14-10/h1-7H. The van der Waals surface area contributed by atoms with E-state index in [0.29, 0.717) is 11.3 Å². The van der Waals surface area contributed by atoms with E-state index < -0.39 is 0 Å². The maximum absolute atomic E-state index is 11.9. The van der Waals surface area contributed by atoms with E-state index in [0.717, 1.165) is 0 Å². The zero-order valence-corrected chi connectivity index (χ0v) is 8.29. The van der Waals surface area contributed by atoms with Gasteiger partial charge in [0.2, 0.25) is 5.78 Å². The largest absolute Gasteiger partial charge is 0.285 e. The number of nitrogens with zero attached hydrogens (tertiary/aromatic N) is 3. The third kappa shape index (κ3) is 1.93. The molecule has 0 aliphatic rings. The van der Waals surface area contributed by atoms with Crippen LogP contribution < -0.4 is 0 Å². The van der Waals surface area contributed by atoms with Crippen molar-refractivity contribution >= 4 is 5.78 Å². The fourth-order valence-corrected chi connectivity index (χ4v) is 1.25. The molecule has 0 fully saturated rings. The van der Waals surface area contributed by atoms with E-state index in [1.165, 1.54) is 12.3 Å². The highest BCUT2D eigenvalue weighted by molar-refractivity contribution is 6.06. The predicted octanol–water partition coefficient (Wildman–Crippen LogP) is 1.58. The number of nitriles is 1. The summed E-state index contributed by atoms with van der Waals surface area (Å²) < 4.78 is 0. The van der Waals surface area contributed by atoms with Gasteiger partial charge >= 0.3 is 0 Å². The summed E-state index contributed by atoms with van der Waals surface area (Å²) in [4.78, 5) is 19.7. The van der Waals surface area contributed by atoms with Gasteiger partial charge in [-0.25, -0.2) is 0 Å². The molecule has 0 aliphatic carbocycles. The Morgan fingerprint density at radius 1 is 1.12 bits per heavy atom. The molecule has 0 N–H and O–H groups in total. The van der Waals surface area contributed by atoms with Crippen LogP contribution in [0.4, 0.5) is 0 Å². The number of aromatic nitrogens is 2. The minimum Gasteiger partial charge on any atom is -0.285 e. The van der Waals surface area contributed by atoms with Crippen LogP contribution in [0.15, 0.2) is 42.7 Å². The van der Waals surface area contributed by atoms with E-state index in [2.05, 4.69) is 9.97 Å². The Labute approximate surface area is 92.2 Å². The Kier molecular flexibility index (Phi) is 2.70. The fourth-order valence-electron chi connectivity index (χ4n) is 1.25. The molecule has 4 nitrogen and oxygen atoms in total. The van der Waals surface area contributed by atoms with Gasteiger partial charge in [0.1, 0.15) is 11.4 Å². The molecule has 0 saturated heterocycles. The van der Waals surface area contributed by atoms with Gasteiger partial charge in [0.25, 0.3) is 0 Å². The average molecular weight is 209 g/mol. The van der Waals surface area contributed by atoms with Crippen LogP contribution in [0.25, 0.3) is 0 Å². The van der Waals surface area contributed by atoms with E-state index in [-0.39, 0.29) is 11.5 Å². The van der Waals surface area contributed by atoms with Crippen molar-refractivity contribution in [3.8, 4) is 6.07 Å². The highest BCUT2D eigenvalue weighted by atomic mass is 16.1. The number of carbonyl (C=O) groups excluding carboxylic acids is 1. The van der Waals surface area contributed by atoms with Crippen LogP contribution in [-0.4, -0.2) is 15.8 Å². The van der Waals surface area contributed by atoms with Gasteiger partial charge in [0.05, 0.1) is 11.6 Å². The van der Waals surface area contributed by atoms with Crippen molar-refractivity contribution in [1.29, 1.82) is 5.26 Å². The summed E-state index contributed by atoms with van der Waals surface area (Å²) in [5, 5.41) is 8.71. The third-order valence-electron chi connectivity index (χ3n) is 2.02. The Balaban J connectivity index is 2.39. The topological polar surface area (TPSA) is 66.6 Å². The van der Waals surface area contributed by atoms with Crippen molar-refractivity contribution in [2.24, 2.45) is 0 Å². The number of rotatable bonds is 2. The molecule has 0 radical (unpaired) electrons. The molecule has 4 heteroatoms. The lowest BCUT2D eigenvalue weighted by molar-refractivity contribution is 0.103. The van der Waals surface area contributed by atoms with Crippen molar-refractivity contribution < 1.29 is 4.79 Å². The SMILES string of the molecule is N#Cc1ccnc(C(=O)c2ccccn2)c1. The smallest absolute Gasteiger partial charge is 0.229 e. The Morgan fingerprint density at radius 3 is 2.62 bits per heavy atom. The first kappa shape index (κ1) is 9.99. The van der Waals surface area contributed by atoms with Gasteiger partial charge in [0, 0.05) is 12.4 Å². The summed E-state index contributed by atoms with van der Waals surface area (Å²) in [5.74, 6) is -0.280. The number of ketones is 1. The molecular weight excluding hydrogens is 202 g/mol. The minimum atomic E-state index is -0.280. The summed E-state index contributed by atoms with van der Waals surface area (Å²) >= 11 is 0. The van der Waals surface area contributed by atoms with Gasteiger partial charge in [-0.2, -0.15) is 5.26 Å². The molecular formula is C12H7N3O. The van der Waals surface area contributed by atoms with Gasteiger partial charge in [-0.05, 0) is 24.3 Å². The van der Waals surface area contributed by atoms with Crippen molar-refractivity contribution in [2.45, 2.75) is 0 Å². The van der Waals surface area contributed by atoms with Crippen LogP contribution in [-0.2, 0) is 0 Å². The molecule has 0 unspecified atom stereocenters. The molecule has 0 atom stereocenters. The Hall–Kier alpha value is -2.54. The molecule has 0 amide bonds. The van der Waals surface area contributed by atoms with E-state index in [9.17, 15) is 4.79 Å². The third-order valence-corrected chi connectivity index (χ3v) is 2.02. The van der Waals surface area contributed by atoms with Crippen molar-refractivity contribution in [1.82, 2.24) is 9.97 Å². The van der Waals surface area contributed by atoms with Crippen molar-refractivity contribution in [2.75, 3.05) is 0 Å². The van der Waals surface area contributed by atoms with Gasteiger partial charge < -0.3 is 0 Å². The second-order valence-corrected chi connectivity index (χ2v) is 3.09. The first-order valence-corrected chi connectivity index (χ1v) is 4.63. The lowest BCUT2D eigenvalue weighted by Crippen LogP contribution is -2.05. The fraction of sp³-hybridized carbons (Fsp3) is 0. The molecule has 0 aromatic carbocycles. The minimum absolute atomic E-state index is 0.234. The monoisotopic (exact) mass is 209 g/mol. The van der Waals surface area contributed by atoms with Gasteiger partial charge in [-0.3, -0.25) is 14.8 Å². The zero-order chi connectivity index (χ0) is 11.4. The van der Waals surface area contributed by atoms with E-state index in [1.54, 1.807) is 30.5 Å². The lowest BCUT2D eigenvalue weighted by Gasteiger charge is -1.98. The summed E-state index contributed by atoms with van der Waals surface area (Å²) in [7, 11) is 0. The maximum Gasteiger partial charge on any atom is 0.229 e. The number of carbonyl (C=O) groups is 1. The van der Waals surface area contributed by atoms with Crippen molar-refractivity contribution in [3.63, 3.8) is 0 Å².